The van der Waals surface area contributed by atoms with Crippen molar-refractivity contribution in [1.29, 1.82) is 0 Å². The molecule has 0 saturated carbocycles. The van der Waals surface area contributed by atoms with Crippen LogP contribution in [0.4, 0.5) is 0 Å². The average Bonchev–Trinajstić information content (AvgIpc) is 1.99. The van der Waals surface area contributed by atoms with E-state index in [-0.39, 0.29) is 11.4 Å². The molecule has 0 N–H and O–H groups in total. The van der Waals surface area contributed by atoms with Crippen LogP contribution in [0.25, 0.3) is 0 Å². The van der Waals surface area contributed by atoms with Crippen LogP contribution in [0.5, 0.6) is 0 Å². The molecule has 1 aliphatic heterocycles. The van der Waals surface area contributed by atoms with E-state index in [1.54, 1.807) is 0 Å². The molecule has 0 spiro atoms. The first-order valence-electron chi connectivity index (χ1n) is 4.72. The molecule has 13 heavy (non-hydrogen) atoms. The van der Waals surface area contributed by atoms with Gasteiger partial charge in [-0.05, 0) is 12.3 Å². The van der Waals surface area contributed by atoms with Gasteiger partial charge in [0.2, 0.25) is 0 Å². The molecule has 0 radical (unpaired) electrons. The first-order chi connectivity index (χ1) is 6.08. The Labute approximate surface area is 79.4 Å². The van der Waals surface area contributed by atoms with Gasteiger partial charge in [-0.2, -0.15) is 0 Å². The smallest absolute Gasteiger partial charge is 0.306 e. The average molecular weight is 186 g/mol. The van der Waals surface area contributed by atoms with E-state index >= 15 is 0 Å². The van der Waals surface area contributed by atoms with E-state index in [1.165, 1.54) is 7.11 Å². The van der Waals surface area contributed by atoms with E-state index < -0.39 is 0 Å². The number of ether oxygens (including phenoxy) is 2. The van der Waals surface area contributed by atoms with Crippen molar-refractivity contribution in [2.24, 2.45) is 11.3 Å². The Balaban J connectivity index is 2.44. The molecule has 1 heterocycles. The van der Waals surface area contributed by atoms with E-state index in [0.29, 0.717) is 25.6 Å². The lowest BCUT2D eigenvalue weighted by molar-refractivity contribution is -0.162. The van der Waals surface area contributed by atoms with Gasteiger partial charge in [0.15, 0.2) is 0 Å². The SMILES string of the molecule is COC(=O)CC1(CC(C)C)COC1. The Morgan fingerprint density at radius 3 is 2.46 bits per heavy atom. The summed E-state index contributed by atoms with van der Waals surface area (Å²) >= 11 is 0. The lowest BCUT2D eigenvalue weighted by Crippen LogP contribution is -2.45. The van der Waals surface area contributed by atoms with Crippen molar-refractivity contribution in [3.05, 3.63) is 0 Å². The molecule has 1 aliphatic rings. The summed E-state index contributed by atoms with van der Waals surface area (Å²) < 4.78 is 9.85. The summed E-state index contributed by atoms with van der Waals surface area (Å²) in [7, 11) is 1.44. The molecular formula is C10H18O3. The second kappa shape index (κ2) is 4.09. The highest BCUT2D eigenvalue weighted by molar-refractivity contribution is 5.70. The zero-order chi connectivity index (χ0) is 9.90. The lowest BCUT2D eigenvalue weighted by Gasteiger charge is -2.41. The van der Waals surface area contributed by atoms with Crippen LogP contribution in [0.15, 0.2) is 0 Å². The maximum atomic E-state index is 11.1. The number of esters is 1. The van der Waals surface area contributed by atoms with Crippen molar-refractivity contribution in [2.45, 2.75) is 26.7 Å². The number of hydrogen-bond donors (Lipinski definition) is 0. The van der Waals surface area contributed by atoms with Gasteiger partial charge in [-0.1, -0.05) is 13.8 Å². The van der Waals surface area contributed by atoms with Crippen LogP contribution < -0.4 is 0 Å². The fraction of sp³-hybridized carbons (Fsp3) is 0.900. The van der Waals surface area contributed by atoms with Crippen molar-refractivity contribution in [3.8, 4) is 0 Å². The summed E-state index contributed by atoms with van der Waals surface area (Å²) in [6, 6.07) is 0. The molecule has 0 atom stereocenters. The van der Waals surface area contributed by atoms with Crippen molar-refractivity contribution in [1.82, 2.24) is 0 Å². The molecular weight excluding hydrogens is 168 g/mol. The summed E-state index contributed by atoms with van der Waals surface area (Å²) in [6.07, 6.45) is 1.55. The summed E-state index contributed by atoms with van der Waals surface area (Å²) in [5, 5.41) is 0. The van der Waals surface area contributed by atoms with E-state index in [0.717, 1.165) is 6.42 Å². The Kier molecular flexibility index (Phi) is 3.31. The topological polar surface area (TPSA) is 35.5 Å². The van der Waals surface area contributed by atoms with Crippen LogP contribution in [-0.4, -0.2) is 26.3 Å². The van der Waals surface area contributed by atoms with Gasteiger partial charge in [-0.25, -0.2) is 0 Å². The first kappa shape index (κ1) is 10.5. The maximum Gasteiger partial charge on any atom is 0.306 e. The Bertz CT molecular complexity index is 183. The highest BCUT2D eigenvalue weighted by atomic mass is 16.5. The van der Waals surface area contributed by atoms with Gasteiger partial charge in [-0.3, -0.25) is 4.79 Å². The number of rotatable bonds is 4. The number of carbonyl (C=O) groups excluding carboxylic acids is 1. The summed E-state index contributed by atoms with van der Waals surface area (Å²) in [6.45, 7) is 5.75. The summed E-state index contributed by atoms with van der Waals surface area (Å²) in [5.41, 5.74) is 0.0707. The molecule has 0 amide bonds. The molecule has 1 fully saturated rings. The van der Waals surface area contributed by atoms with E-state index in [9.17, 15) is 4.79 Å². The van der Waals surface area contributed by atoms with Gasteiger partial charge in [0.1, 0.15) is 0 Å². The lowest BCUT2D eigenvalue weighted by atomic mass is 9.76. The number of methoxy groups -OCH3 is 1. The molecule has 0 aliphatic carbocycles. The molecule has 1 rings (SSSR count). The van der Waals surface area contributed by atoms with Crippen LogP contribution in [0.1, 0.15) is 26.7 Å². The van der Waals surface area contributed by atoms with Crippen LogP contribution in [0.3, 0.4) is 0 Å². The van der Waals surface area contributed by atoms with Gasteiger partial charge in [0.25, 0.3) is 0 Å². The molecule has 76 valence electrons. The number of hydrogen-bond acceptors (Lipinski definition) is 3. The molecule has 3 heteroatoms. The largest absolute Gasteiger partial charge is 0.469 e. The monoisotopic (exact) mass is 186 g/mol. The molecule has 0 aromatic carbocycles. The van der Waals surface area contributed by atoms with Crippen LogP contribution in [0, 0.1) is 11.3 Å². The van der Waals surface area contributed by atoms with E-state index in [4.69, 9.17) is 4.74 Å². The van der Waals surface area contributed by atoms with Crippen LogP contribution in [0.2, 0.25) is 0 Å². The zero-order valence-electron chi connectivity index (χ0n) is 8.63. The van der Waals surface area contributed by atoms with Crippen molar-refractivity contribution in [2.75, 3.05) is 20.3 Å². The third kappa shape index (κ3) is 2.69. The van der Waals surface area contributed by atoms with Gasteiger partial charge in [0.05, 0.1) is 26.7 Å². The minimum atomic E-state index is -0.121. The predicted octanol–water partition coefficient (Wildman–Crippen LogP) is 1.61. The highest BCUT2D eigenvalue weighted by Crippen LogP contribution is 2.38. The summed E-state index contributed by atoms with van der Waals surface area (Å²) in [5.74, 6) is 0.484. The molecule has 0 aromatic rings. The second-order valence-electron chi connectivity index (χ2n) is 4.34. The summed E-state index contributed by atoms with van der Waals surface area (Å²) in [4.78, 5) is 11.1. The van der Waals surface area contributed by atoms with Gasteiger partial charge in [0, 0.05) is 5.41 Å². The minimum Gasteiger partial charge on any atom is -0.469 e. The normalized spacial score (nSPS) is 19.7. The molecule has 3 nitrogen and oxygen atoms in total. The highest BCUT2D eigenvalue weighted by Gasteiger charge is 2.41. The van der Waals surface area contributed by atoms with Crippen molar-refractivity contribution >= 4 is 5.97 Å². The molecule has 0 aromatic heterocycles. The van der Waals surface area contributed by atoms with Crippen molar-refractivity contribution in [3.63, 3.8) is 0 Å². The molecule has 1 saturated heterocycles. The third-order valence-corrected chi connectivity index (χ3v) is 2.40. The Hall–Kier alpha value is -0.570. The first-order valence-corrected chi connectivity index (χ1v) is 4.72. The van der Waals surface area contributed by atoms with E-state index in [1.807, 2.05) is 0 Å². The van der Waals surface area contributed by atoms with Gasteiger partial charge in [-0.15, -0.1) is 0 Å². The Morgan fingerprint density at radius 2 is 2.15 bits per heavy atom. The van der Waals surface area contributed by atoms with Crippen molar-refractivity contribution < 1.29 is 14.3 Å². The van der Waals surface area contributed by atoms with Crippen LogP contribution >= 0.6 is 0 Å². The van der Waals surface area contributed by atoms with Gasteiger partial charge >= 0.3 is 5.97 Å². The quantitative estimate of drug-likeness (QED) is 0.626. The maximum absolute atomic E-state index is 11.1. The minimum absolute atomic E-state index is 0.0707. The second-order valence-corrected chi connectivity index (χ2v) is 4.34. The fourth-order valence-corrected chi connectivity index (χ4v) is 1.93. The molecule has 0 unspecified atom stereocenters. The fourth-order valence-electron chi connectivity index (χ4n) is 1.93. The molecule has 0 bridgehead atoms. The van der Waals surface area contributed by atoms with Crippen LogP contribution in [-0.2, 0) is 14.3 Å². The zero-order valence-corrected chi connectivity index (χ0v) is 8.63. The third-order valence-electron chi connectivity index (χ3n) is 2.40. The van der Waals surface area contributed by atoms with E-state index in [2.05, 4.69) is 18.6 Å². The number of carbonyl (C=O) groups is 1. The predicted molar refractivity (Wildman–Crippen MR) is 49.3 cm³/mol. The standard InChI is InChI=1S/C10H18O3/c1-8(2)4-10(6-13-7-10)5-9(11)12-3/h8H,4-7H2,1-3H3. The Morgan fingerprint density at radius 1 is 1.54 bits per heavy atom. The van der Waals surface area contributed by atoms with Gasteiger partial charge < -0.3 is 9.47 Å².